The summed E-state index contributed by atoms with van der Waals surface area (Å²) in [5, 5.41) is 12.8. The van der Waals surface area contributed by atoms with Crippen LogP contribution >= 0.6 is 11.3 Å². The molecule has 0 unspecified atom stereocenters. The number of amides is 3. The van der Waals surface area contributed by atoms with Crippen molar-refractivity contribution in [1.29, 1.82) is 0 Å². The number of likely N-dealkylation sites (tertiary alicyclic amines) is 1. The van der Waals surface area contributed by atoms with E-state index in [-0.39, 0.29) is 22.8 Å². The van der Waals surface area contributed by atoms with Crippen molar-refractivity contribution in [2.75, 3.05) is 13.1 Å². The van der Waals surface area contributed by atoms with Crippen molar-refractivity contribution in [2.24, 2.45) is 11.1 Å². The van der Waals surface area contributed by atoms with Crippen LogP contribution < -0.4 is 15.8 Å². The SMILES string of the molecule is NS(=O)(=O)c1ccc(CNC(=O)C2CCN(C(=O)NCc3cccs3)CC2)cc1. The van der Waals surface area contributed by atoms with Crippen molar-refractivity contribution in [3.8, 4) is 0 Å². The fraction of sp³-hybridized carbons (Fsp3) is 0.368. The molecule has 2 heterocycles. The Hall–Kier alpha value is -2.43. The summed E-state index contributed by atoms with van der Waals surface area (Å²) in [7, 11) is -3.72. The molecule has 8 nitrogen and oxygen atoms in total. The van der Waals surface area contributed by atoms with Crippen LogP contribution in [0.3, 0.4) is 0 Å². The summed E-state index contributed by atoms with van der Waals surface area (Å²) in [6.45, 7) is 1.90. The molecule has 156 valence electrons. The standard InChI is InChI=1S/C19H24N4O4S2/c20-29(26,27)17-5-3-14(4-6-17)12-21-18(24)15-7-9-23(10-8-15)19(25)22-13-16-2-1-11-28-16/h1-6,11,15H,7-10,12-13H2,(H,21,24)(H,22,25)(H2,20,26,27). The summed E-state index contributed by atoms with van der Waals surface area (Å²) in [4.78, 5) is 27.5. The molecule has 0 saturated carbocycles. The number of nitrogens with one attached hydrogen (secondary N) is 2. The van der Waals surface area contributed by atoms with Crippen LogP contribution in [0.5, 0.6) is 0 Å². The highest BCUT2D eigenvalue weighted by Gasteiger charge is 2.27. The van der Waals surface area contributed by atoms with Gasteiger partial charge in [-0.05, 0) is 42.0 Å². The molecule has 0 aliphatic carbocycles. The Kier molecular flexibility index (Phi) is 6.88. The van der Waals surface area contributed by atoms with Gasteiger partial charge in [-0.25, -0.2) is 18.4 Å². The van der Waals surface area contributed by atoms with E-state index in [1.54, 1.807) is 28.4 Å². The Morgan fingerprint density at radius 3 is 2.34 bits per heavy atom. The largest absolute Gasteiger partial charge is 0.352 e. The third-order valence-corrected chi connectivity index (χ3v) is 6.67. The second kappa shape index (κ2) is 9.38. The van der Waals surface area contributed by atoms with Crippen molar-refractivity contribution in [3.63, 3.8) is 0 Å². The Balaban J connectivity index is 1.41. The summed E-state index contributed by atoms with van der Waals surface area (Å²) in [5.41, 5.74) is 0.788. The van der Waals surface area contributed by atoms with Crippen LogP contribution in [-0.4, -0.2) is 38.3 Å². The maximum atomic E-state index is 12.4. The van der Waals surface area contributed by atoms with Gasteiger partial charge in [0.1, 0.15) is 0 Å². The van der Waals surface area contributed by atoms with Gasteiger partial charge in [0.25, 0.3) is 0 Å². The molecule has 3 rings (SSSR count). The van der Waals surface area contributed by atoms with E-state index in [2.05, 4.69) is 10.6 Å². The van der Waals surface area contributed by atoms with E-state index >= 15 is 0 Å². The van der Waals surface area contributed by atoms with Crippen molar-refractivity contribution < 1.29 is 18.0 Å². The monoisotopic (exact) mass is 436 g/mol. The Bertz CT molecular complexity index is 935. The first-order valence-corrected chi connectivity index (χ1v) is 11.7. The lowest BCUT2D eigenvalue weighted by Crippen LogP contribution is -2.46. The number of hydrogen-bond acceptors (Lipinski definition) is 5. The van der Waals surface area contributed by atoms with Gasteiger partial charge in [0, 0.05) is 30.4 Å². The van der Waals surface area contributed by atoms with E-state index in [1.165, 1.54) is 12.1 Å². The summed E-state index contributed by atoms with van der Waals surface area (Å²) in [6, 6.07) is 9.91. The topological polar surface area (TPSA) is 122 Å². The van der Waals surface area contributed by atoms with Gasteiger partial charge >= 0.3 is 6.03 Å². The number of benzene rings is 1. The molecule has 2 aromatic rings. The molecule has 10 heteroatoms. The van der Waals surface area contributed by atoms with Crippen LogP contribution in [0.4, 0.5) is 4.79 Å². The molecular formula is C19H24N4O4S2. The fourth-order valence-electron chi connectivity index (χ4n) is 3.16. The third kappa shape index (κ3) is 6.02. The number of thiophene rings is 1. The van der Waals surface area contributed by atoms with Gasteiger partial charge in [0.15, 0.2) is 0 Å². The van der Waals surface area contributed by atoms with E-state index in [0.717, 1.165) is 10.4 Å². The van der Waals surface area contributed by atoms with Gasteiger partial charge < -0.3 is 15.5 Å². The van der Waals surface area contributed by atoms with Crippen molar-refractivity contribution in [2.45, 2.75) is 30.8 Å². The first kappa shape index (κ1) is 21.3. The summed E-state index contributed by atoms with van der Waals surface area (Å²) < 4.78 is 22.5. The number of sulfonamides is 1. The van der Waals surface area contributed by atoms with E-state index in [4.69, 9.17) is 5.14 Å². The maximum absolute atomic E-state index is 12.4. The normalized spacial score (nSPS) is 15.1. The number of piperidine rings is 1. The summed E-state index contributed by atoms with van der Waals surface area (Å²) >= 11 is 1.60. The number of urea groups is 1. The zero-order chi connectivity index (χ0) is 20.9. The third-order valence-electron chi connectivity index (χ3n) is 4.87. The van der Waals surface area contributed by atoms with Gasteiger partial charge in [-0.15, -0.1) is 11.3 Å². The van der Waals surface area contributed by atoms with Crippen LogP contribution in [0.25, 0.3) is 0 Å². The number of nitrogens with two attached hydrogens (primary N) is 1. The van der Waals surface area contributed by atoms with Gasteiger partial charge in [-0.2, -0.15) is 0 Å². The Labute approximate surface area is 174 Å². The number of hydrogen-bond donors (Lipinski definition) is 3. The van der Waals surface area contributed by atoms with E-state index in [1.807, 2.05) is 17.5 Å². The highest BCUT2D eigenvalue weighted by atomic mass is 32.2. The van der Waals surface area contributed by atoms with Crippen molar-refractivity contribution in [3.05, 3.63) is 52.2 Å². The molecule has 1 aromatic heterocycles. The molecule has 4 N–H and O–H groups in total. The lowest BCUT2D eigenvalue weighted by molar-refractivity contribution is -0.126. The van der Waals surface area contributed by atoms with Crippen LogP contribution in [0.1, 0.15) is 23.3 Å². The summed E-state index contributed by atoms with van der Waals surface area (Å²) in [6.07, 6.45) is 1.23. The number of rotatable bonds is 6. The fourth-order valence-corrected chi connectivity index (χ4v) is 4.32. The minimum Gasteiger partial charge on any atom is -0.352 e. The average molecular weight is 437 g/mol. The Morgan fingerprint density at radius 1 is 1.07 bits per heavy atom. The molecule has 0 atom stereocenters. The highest BCUT2D eigenvalue weighted by Crippen LogP contribution is 2.18. The van der Waals surface area contributed by atoms with Crippen LogP contribution in [0, 0.1) is 5.92 Å². The highest BCUT2D eigenvalue weighted by molar-refractivity contribution is 7.89. The number of primary sulfonamides is 1. The first-order valence-electron chi connectivity index (χ1n) is 9.27. The molecule has 1 aliphatic rings. The van der Waals surface area contributed by atoms with Crippen LogP contribution in [-0.2, 0) is 27.9 Å². The number of nitrogens with zero attached hydrogens (tertiary/aromatic N) is 1. The molecular weight excluding hydrogens is 412 g/mol. The number of carbonyl (C=O) groups excluding carboxylic acids is 2. The van der Waals surface area contributed by atoms with E-state index < -0.39 is 10.0 Å². The summed E-state index contributed by atoms with van der Waals surface area (Å²) in [5.74, 6) is -0.195. The van der Waals surface area contributed by atoms with Gasteiger partial charge in [-0.1, -0.05) is 18.2 Å². The zero-order valence-electron chi connectivity index (χ0n) is 15.8. The second-order valence-electron chi connectivity index (χ2n) is 6.91. The predicted molar refractivity (Wildman–Crippen MR) is 111 cm³/mol. The lowest BCUT2D eigenvalue weighted by atomic mass is 9.96. The second-order valence-corrected chi connectivity index (χ2v) is 9.50. The average Bonchev–Trinajstić information content (AvgIpc) is 3.23. The quantitative estimate of drug-likeness (QED) is 0.637. The molecule has 1 fully saturated rings. The number of carbonyl (C=O) groups is 2. The van der Waals surface area contributed by atoms with Gasteiger partial charge in [0.05, 0.1) is 11.4 Å². The maximum Gasteiger partial charge on any atom is 0.317 e. The molecule has 1 saturated heterocycles. The van der Waals surface area contributed by atoms with Crippen LogP contribution in [0.15, 0.2) is 46.7 Å². The minimum atomic E-state index is -3.72. The predicted octanol–water partition coefficient (Wildman–Crippen LogP) is 1.63. The Morgan fingerprint density at radius 2 is 1.76 bits per heavy atom. The van der Waals surface area contributed by atoms with Gasteiger partial charge in [0.2, 0.25) is 15.9 Å². The van der Waals surface area contributed by atoms with Gasteiger partial charge in [-0.3, -0.25) is 4.79 Å². The van der Waals surface area contributed by atoms with Crippen molar-refractivity contribution in [1.82, 2.24) is 15.5 Å². The molecule has 0 bridgehead atoms. The van der Waals surface area contributed by atoms with Crippen LogP contribution in [0.2, 0.25) is 0 Å². The smallest absolute Gasteiger partial charge is 0.317 e. The van der Waals surface area contributed by atoms with Crippen molar-refractivity contribution >= 4 is 33.3 Å². The molecule has 29 heavy (non-hydrogen) atoms. The molecule has 1 aliphatic heterocycles. The zero-order valence-corrected chi connectivity index (χ0v) is 17.5. The molecule has 3 amide bonds. The molecule has 0 spiro atoms. The molecule has 1 aromatic carbocycles. The first-order chi connectivity index (χ1) is 13.8. The minimum absolute atomic E-state index is 0.0392. The molecule has 0 radical (unpaired) electrons. The lowest BCUT2D eigenvalue weighted by Gasteiger charge is -2.31. The van der Waals surface area contributed by atoms with E-state index in [0.29, 0.717) is 39.0 Å². The van der Waals surface area contributed by atoms with E-state index in [9.17, 15) is 18.0 Å².